The zero-order valence-corrected chi connectivity index (χ0v) is 15.8. The molecule has 0 bridgehead atoms. The molecule has 0 saturated carbocycles. The summed E-state index contributed by atoms with van der Waals surface area (Å²) in [4.78, 5) is 16.5. The quantitative estimate of drug-likeness (QED) is 0.658. The fraction of sp³-hybridized carbons (Fsp3) is 0.211. The predicted octanol–water partition coefficient (Wildman–Crippen LogP) is 3.37. The molecule has 1 aliphatic rings. The molecule has 7 nitrogen and oxygen atoms in total. The standard InChI is InChI=1S/C19H15ClF2N4O3/c1-28-11-6-13(21)15(14(22)7-11)12-8-23-17(27)16(12)24-19-25-18(29-26-19)9-2-4-10(20)5-3-9/h2-7,12,16H,8H2,1H3,(H,23,27)(H,24,26)/t12-,16-/m0/s1. The lowest BCUT2D eigenvalue weighted by atomic mass is 9.93. The Hall–Kier alpha value is -3.20. The van der Waals surface area contributed by atoms with Gasteiger partial charge in [-0.1, -0.05) is 11.6 Å². The average molecular weight is 421 g/mol. The molecule has 2 aromatic carbocycles. The van der Waals surface area contributed by atoms with Gasteiger partial charge in [-0.25, -0.2) is 8.78 Å². The van der Waals surface area contributed by atoms with Crippen LogP contribution in [-0.4, -0.2) is 35.7 Å². The zero-order valence-electron chi connectivity index (χ0n) is 15.1. The van der Waals surface area contributed by atoms with Crippen molar-refractivity contribution in [3.63, 3.8) is 0 Å². The third-order valence-corrected chi connectivity index (χ3v) is 4.89. The normalized spacial score (nSPS) is 18.6. The van der Waals surface area contributed by atoms with E-state index in [1.807, 2.05) is 0 Å². The van der Waals surface area contributed by atoms with E-state index in [-0.39, 0.29) is 29.7 Å². The third-order valence-electron chi connectivity index (χ3n) is 4.64. The topological polar surface area (TPSA) is 89.3 Å². The lowest BCUT2D eigenvalue weighted by Gasteiger charge is -2.19. The Bertz CT molecular complexity index is 1030. The fourth-order valence-corrected chi connectivity index (χ4v) is 3.35. The van der Waals surface area contributed by atoms with Gasteiger partial charge >= 0.3 is 0 Å². The van der Waals surface area contributed by atoms with Gasteiger partial charge in [0.25, 0.3) is 11.8 Å². The molecule has 1 fully saturated rings. The molecule has 1 saturated heterocycles. The van der Waals surface area contributed by atoms with Gasteiger partial charge in [0.2, 0.25) is 5.91 Å². The maximum absolute atomic E-state index is 14.5. The lowest BCUT2D eigenvalue weighted by Crippen LogP contribution is -2.33. The van der Waals surface area contributed by atoms with Crippen molar-refractivity contribution < 1.29 is 22.8 Å². The van der Waals surface area contributed by atoms with Gasteiger partial charge in [-0.2, -0.15) is 4.98 Å². The van der Waals surface area contributed by atoms with Crippen LogP contribution >= 0.6 is 11.6 Å². The predicted molar refractivity (Wildman–Crippen MR) is 101 cm³/mol. The van der Waals surface area contributed by atoms with Gasteiger partial charge in [0.1, 0.15) is 23.4 Å². The summed E-state index contributed by atoms with van der Waals surface area (Å²) in [6, 6.07) is 7.91. The van der Waals surface area contributed by atoms with E-state index in [0.29, 0.717) is 10.6 Å². The van der Waals surface area contributed by atoms with E-state index in [4.69, 9.17) is 20.9 Å². The van der Waals surface area contributed by atoms with E-state index in [1.165, 1.54) is 7.11 Å². The molecule has 150 valence electrons. The molecule has 0 aliphatic carbocycles. The fourth-order valence-electron chi connectivity index (χ4n) is 3.22. The number of nitrogens with zero attached hydrogens (tertiary/aromatic N) is 2. The van der Waals surface area contributed by atoms with Crippen LogP contribution in [0.2, 0.25) is 5.02 Å². The smallest absolute Gasteiger partial charge is 0.264 e. The second-order valence-electron chi connectivity index (χ2n) is 6.41. The van der Waals surface area contributed by atoms with Gasteiger partial charge < -0.3 is 19.9 Å². The molecular weight excluding hydrogens is 406 g/mol. The number of benzene rings is 2. The number of hydrogen-bond donors (Lipinski definition) is 2. The van der Waals surface area contributed by atoms with Gasteiger partial charge in [0, 0.05) is 40.7 Å². The van der Waals surface area contributed by atoms with Crippen molar-refractivity contribution in [2.75, 3.05) is 19.0 Å². The van der Waals surface area contributed by atoms with Gasteiger partial charge in [0.05, 0.1) is 7.11 Å². The van der Waals surface area contributed by atoms with E-state index in [1.54, 1.807) is 24.3 Å². The first-order chi connectivity index (χ1) is 14.0. The summed E-state index contributed by atoms with van der Waals surface area (Å²) in [5.74, 6) is -2.56. The molecule has 2 heterocycles. The molecule has 29 heavy (non-hydrogen) atoms. The Morgan fingerprint density at radius 3 is 2.59 bits per heavy atom. The maximum Gasteiger partial charge on any atom is 0.264 e. The minimum atomic E-state index is -0.983. The van der Waals surface area contributed by atoms with Crippen molar-refractivity contribution in [1.82, 2.24) is 15.5 Å². The molecule has 2 atom stereocenters. The van der Waals surface area contributed by atoms with Crippen LogP contribution in [0.5, 0.6) is 5.75 Å². The number of ether oxygens (including phenoxy) is 1. The van der Waals surface area contributed by atoms with Gasteiger partial charge in [0.15, 0.2) is 0 Å². The molecule has 0 spiro atoms. The Morgan fingerprint density at radius 1 is 1.24 bits per heavy atom. The van der Waals surface area contributed by atoms with Crippen molar-refractivity contribution in [3.8, 4) is 17.2 Å². The van der Waals surface area contributed by atoms with E-state index >= 15 is 0 Å². The van der Waals surface area contributed by atoms with E-state index in [9.17, 15) is 13.6 Å². The Kier molecular flexibility index (Phi) is 5.06. The van der Waals surface area contributed by atoms with Crippen LogP contribution in [0.15, 0.2) is 40.9 Å². The molecule has 4 rings (SSSR count). The highest BCUT2D eigenvalue weighted by Crippen LogP contribution is 2.32. The number of rotatable bonds is 5. The molecule has 2 N–H and O–H groups in total. The lowest BCUT2D eigenvalue weighted by molar-refractivity contribution is -0.119. The van der Waals surface area contributed by atoms with Crippen LogP contribution in [0.1, 0.15) is 11.5 Å². The van der Waals surface area contributed by atoms with E-state index < -0.39 is 29.5 Å². The van der Waals surface area contributed by atoms with Crippen molar-refractivity contribution in [2.45, 2.75) is 12.0 Å². The summed E-state index contributed by atoms with van der Waals surface area (Å²) >= 11 is 5.86. The highest BCUT2D eigenvalue weighted by Gasteiger charge is 2.39. The van der Waals surface area contributed by atoms with E-state index in [0.717, 1.165) is 12.1 Å². The van der Waals surface area contributed by atoms with Crippen LogP contribution < -0.4 is 15.4 Å². The van der Waals surface area contributed by atoms with Crippen molar-refractivity contribution in [3.05, 3.63) is 58.6 Å². The molecular formula is C19H15ClF2N4O3. The largest absolute Gasteiger partial charge is 0.497 e. The number of aromatic nitrogens is 2. The molecule has 10 heteroatoms. The number of halogens is 3. The van der Waals surface area contributed by atoms with Gasteiger partial charge in [-0.15, -0.1) is 0 Å². The monoisotopic (exact) mass is 420 g/mol. The van der Waals surface area contributed by atoms with Crippen LogP contribution in [0.4, 0.5) is 14.7 Å². The second-order valence-corrected chi connectivity index (χ2v) is 6.84. The number of carbonyl (C=O) groups excluding carboxylic acids is 1. The molecule has 0 radical (unpaired) electrons. The van der Waals surface area contributed by atoms with Crippen molar-refractivity contribution >= 4 is 23.5 Å². The molecule has 3 aromatic rings. The third kappa shape index (κ3) is 3.73. The molecule has 0 unspecified atom stereocenters. The first-order valence-electron chi connectivity index (χ1n) is 8.63. The number of anilines is 1. The summed E-state index contributed by atoms with van der Waals surface area (Å²) in [6.07, 6.45) is 0. The summed E-state index contributed by atoms with van der Waals surface area (Å²) in [5.41, 5.74) is 0.415. The van der Waals surface area contributed by atoms with Crippen LogP contribution in [0.3, 0.4) is 0 Å². The summed E-state index contributed by atoms with van der Waals surface area (Å²) in [7, 11) is 1.31. The minimum absolute atomic E-state index is 0.0244. The number of amides is 1. The van der Waals surface area contributed by atoms with Crippen LogP contribution in [0.25, 0.3) is 11.5 Å². The molecule has 1 aromatic heterocycles. The minimum Gasteiger partial charge on any atom is -0.497 e. The SMILES string of the molecule is COc1cc(F)c([C@@H]2CNC(=O)[C@H]2Nc2noc(-c3ccc(Cl)cc3)n2)c(F)c1. The molecule has 1 aliphatic heterocycles. The number of methoxy groups -OCH3 is 1. The first kappa shape index (κ1) is 19.1. The van der Waals surface area contributed by atoms with E-state index in [2.05, 4.69) is 20.8 Å². The first-order valence-corrected chi connectivity index (χ1v) is 9.01. The number of hydrogen-bond acceptors (Lipinski definition) is 6. The zero-order chi connectivity index (χ0) is 20.5. The maximum atomic E-state index is 14.5. The summed E-state index contributed by atoms with van der Waals surface area (Å²) in [5, 5.41) is 9.76. The Labute approximate surface area is 169 Å². The Balaban J connectivity index is 1.59. The van der Waals surface area contributed by atoms with Gasteiger partial charge in [-0.3, -0.25) is 4.79 Å². The van der Waals surface area contributed by atoms with Crippen molar-refractivity contribution in [1.29, 1.82) is 0 Å². The summed E-state index contributed by atoms with van der Waals surface area (Å²) in [6.45, 7) is 0.0541. The summed E-state index contributed by atoms with van der Waals surface area (Å²) < 4.78 is 39.1. The molecule has 1 amide bonds. The van der Waals surface area contributed by atoms with Crippen molar-refractivity contribution in [2.24, 2.45) is 0 Å². The Morgan fingerprint density at radius 2 is 1.93 bits per heavy atom. The second kappa shape index (κ2) is 7.67. The van der Waals surface area contributed by atoms with Crippen LogP contribution in [-0.2, 0) is 4.79 Å². The van der Waals surface area contributed by atoms with Gasteiger partial charge in [-0.05, 0) is 29.4 Å². The van der Waals surface area contributed by atoms with Crippen LogP contribution in [0, 0.1) is 11.6 Å². The number of carbonyl (C=O) groups is 1. The number of nitrogens with one attached hydrogen (secondary N) is 2. The highest BCUT2D eigenvalue weighted by molar-refractivity contribution is 6.30. The average Bonchev–Trinajstić information content (AvgIpc) is 3.30. The highest BCUT2D eigenvalue weighted by atomic mass is 35.5.